The number of carbonyl (C=O) groups is 1. The van der Waals surface area contributed by atoms with Crippen molar-refractivity contribution < 1.29 is 19.0 Å². The number of benzene rings is 2. The SMILES string of the molecule is COc1cncc(COC(=O)C(C)(C)Oc2ccc3ccccc3c2)c1. The van der Waals surface area contributed by atoms with Gasteiger partial charge in [0.05, 0.1) is 13.3 Å². The third kappa shape index (κ3) is 4.11. The standard InChI is InChI=1S/C21H21NO4/c1-21(2,20(23)25-14-15-10-19(24-3)13-22-12-15)26-18-9-8-16-6-4-5-7-17(16)11-18/h4-13H,14H2,1-3H3. The van der Waals surface area contributed by atoms with E-state index in [9.17, 15) is 4.79 Å². The minimum Gasteiger partial charge on any atom is -0.495 e. The summed E-state index contributed by atoms with van der Waals surface area (Å²) in [5.41, 5.74) is -0.367. The monoisotopic (exact) mass is 351 g/mol. The molecule has 0 bridgehead atoms. The van der Waals surface area contributed by atoms with Crippen LogP contribution in [0.1, 0.15) is 19.4 Å². The van der Waals surface area contributed by atoms with Crippen molar-refractivity contribution in [3.63, 3.8) is 0 Å². The van der Waals surface area contributed by atoms with Crippen LogP contribution in [0.15, 0.2) is 60.9 Å². The highest BCUT2D eigenvalue weighted by atomic mass is 16.6. The lowest BCUT2D eigenvalue weighted by atomic mass is 10.1. The van der Waals surface area contributed by atoms with Gasteiger partial charge in [0.15, 0.2) is 5.60 Å². The maximum atomic E-state index is 12.5. The lowest BCUT2D eigenvalue weighted by Gasteiger charge is -2.24. The van der Waals surface area contributed by atoms with Crippen LogP contribution in [0.2, 0.25) is 0 Å². The highest BCUT2D eigenvalue weighted by Crippen LogP contribution is 2.25. The molecule has 0 spiro atoms. The molecule has 2 aromatic carbocycles. The molecule has 1 heterocycles. The van der Waals surface area contributed by atoms with E-state index in [2.05, 4.69) is 4.98 Å². The number of hydrogen-bond acceptors (Lipinski definition) is 5. The van der Waals surface area contributed by atoms with Crippen molar-refractivity contribution in [2.75, 3.05) is 7.11 Å². The Bertz CT molecular complexity index is 921. The van der Waals surface area contributed by atoms with Crippen molar-refractivity contribution in [3.05, 3.63) is 66.5 Å². The van der Waals surface area contributed by atoms with Gasteiger partial charge in [0.1, 0.15) is 18.1 Å². The van der Waals surface area contributed by atoms with Gasteiger partial charge in [-0.2, -0.15) is 0 Å². The quantitative estimate of drug-likeness (QED) is 0.625. The minimum absolute atomic E-state index is 0.105. The van der Waals surface area contributed by atoms with Gasteiger partial charge in [0.25, 0.3) is 0 Å². The smallest absolute Gasteiger partial charge is 0.350 e. The molecule has 1 aromatic heterocycles. The number of rotatable bonds is 6. The average Bonchev–Trinajstić information content (AvgIpc) is 2.65. The van der Waals surface area contributed by atoms with E-state index in [1.54, 1.807) is 39.4 Å². The van der Waals surface area contributed by atoms with E-state index in [4.69, 9.17) is 14.2 Å². The van der Waals surface area contributed by atoms with Gasteiger partial charge in [-0.25, -0.2) is 4.79 Å². The number of fused-ring (bicyclic) bond motifs is 1. The highest BCUT2D eigenvalue weighted by Gasteiger charge is 2.32. The maximum Gasteiger partial charge on any atom is 0.350 e. The van der Waals surface area contributed by atoms with Crippen LogP contribution < -0.4 is 9.47 Å². The molecule has 3 aromatic rings. The van der Waals surface area contributed by atoms with Crippen molar-refractivity contribution in [2.45, 2.75) is 26.1 Å². The molecule has 0 saturated heterocycles. The number of methoxy groups -OCH3 is 1. The second-order valence-corrected chi connectivity index (χ2v) is 6.43. The number of ether oxygens (including phenoxy) is 3. The molecule has 26 heavy (non-hydrogen) atoms. The molecule has 5 heteroatoms. The zero-order valence-electron chi connectivity index (χ0n) is 15.1. The first-order valence-electron chi connectivity index (χ1n) is 8.31. The van der Waals surface area contributed by atoms with E-state index in [0.717, 1.165) is 16.3 Å². The van der Waals surface area contributed by atoms with Gasteiger partial charge in [0.2, 0.25) is 0 Å². The van der Waals surface area contributed by atoms with E-state index in [0.29, 0.717) is 11.5 Å². The van der Waals surface area contributed by atoms with Crippen LogP contribution >= 0.6 is 0 Å². The summed E-state index contributed by atoms with van der Waals surface area (Å²) in [4.78, 5) is 16.5. The predicted octanol–water partition coefficient (Wildman–Crippen LogP) is 4.14. The molecule has 0 aliphatic carbocycles. The Morgan fingerprint density at radius 3 is 2.54 bits per heavy atom. The molecule has 0 unspecified atom stereocenters. The number of aromatic nitrogens is 1. The first-order valence-corrected chi connectivity index (χ1v) is 8.31. The van der Waals surface area contributed by atoms with Crippen LogP contribution in [-0.2, 0) is 16.1 Å². The van der Waals surface area contributed by atoms with Crippen molar-refractivity contribution >= 4 is 16.7 Å². The summed E-state index contributed by atoms with van der Waals surface area (Å²) >= 11 is 0. The van der Waals surface area contributed by atoms with Gasteiger partial charge in [-0.1, -0.05) is 30.3 Å². The largest absolute Gasteiger partial charge is 0.495 e. The molecule has 134 valence electrons. The van der Waals surface area contributed by atoms with Crippen molar-refractivity contribution in [1.82, 2.24) is 4.98 Å². The maximum absolute atomic E-state index is 12.5. The summed E-state index contributed by atoms with van der Waals surface area (Å²) in [6.07, 6.45) is 3.23. The summed E-state index contributed by atoms with van der Waals surface area (Å²) in [6.45, 7) is 3.48. The molecule has 0 atom stereocenters. The second kappa shape index (κ2) is 7.44. The summed E-state index contributed by atoms with van der Waals surface area (Å²) < 4.78 is 16.4. The van der Waals surface area contributed by atoms with E-state index < -0.39 is 11.6 Å². The predicted molar refractivity (Wildman–Crippen MR) is 99.2 cm³/mol. The van der Waals surface area contributed by atoms with E-state index in [-0.39, 0.29) is 6.61 Å². The Kier molecular flexibility index (Phi) is 5.07. The van der Waals surface area contributed by atoms with Crippen LogP contribution in [0.25, 0.3) is 10.8 Å². The minimum atomic E-state index is -1.12. The molecule has 0 amide bonds. The fraction of sp³-hybridized carbons (Fsp3) is 0.238. The van der Waals surface area contributed by atoms with E-state index >= 15 is 0 Å². The highest BCUT2D eigenvalue weighted by molar-refractivity contribution is 5.84. The topological polar surface area (TPSA) is 57.7 Å². The third-order valence-electron chi connectivity index (χ3n) is 3.96. The molecule has 5 nitrogen and oxygen atoms in total. The molecule has 0 saturated carbocycles. The summed E-state index contributed by atoms with van der Waals surface area (Å²) in [7, 11) is 1.56. The van der Waals surface area contributed by atoms with Gasteiger partial charge < -0.3 is 14.2 Å². The van der Waals surface area contributed by atoms with Crippen molar-refractivity contribution in [1.29, 1.82) is 0 Å². The summed E-state index contributed by atoms with van der Waals surface area (Å²) in [5.74, 6) is 0.785. The number of nitrogens with zero attached hydrogens (tertiary/aromatic N) is 1. The van der Waals surface area contributed by atoms with Crippen LogP contribution in [-0.4, -0.2) is 23.7 Å². The fourth-order valence-electron chi connectivity index (χ4n) is 2.54. The molecule has 0 fully saturated rings. The Hall–Kier alpha value is -3.08. The number of esters is 1. The first-order chi connectivity index (χ1) is 12.5. The second-order valence-electron chi connectivity index (χ2n) is 6.43. The number of carbonyl (C=O) groups excluding carboxylic acids is 1. The Labute approximate surface area is 152 Å². The van der Waals surface area contributed by atoms with Crippen LogP contribution in [0, 0.1) is 0 Å². The number of pyridine rings is 1. The van der Waals surface area contributed by atoms with Crippen LogP contribution in [0.5, 0.6) is 11.5 Å². The fourth-order valence-corrected chi connectivity index (χ4v) is 2.54. The van der Waals surface area contributed by atoms with Crippen LogP contribution in [0.3, 0.4) is 0 Å². The lowest BCUT2D eigenvalue weighted by Crippen LogP contribution is -2.39. The molecule has 0 radical (unpaired) electrons. The van der Waals surface area contributed by atoms with E-state index in [1.165, 1.54) is 0 Å². The molecule has 0 aliphatic rings. The molecule has 0 N–H and O–H groups in total. The lowest BCUT2D eigenvalue weighted by molar-refractivity contribution is -0.160. The number of hydrogen-bond donors (Lipinski definition) is 0. The molecular weight excluding hydrogens is 330 g/mol. The summed E-state index contributed by atoms with van der Waals surface area (Å²) in [5, 5.41) is 2.17. The van der Waals surface area contributed by atoms with E-state index in [1.807, 2.05) is 42.5 Å². The zero-order valence-corrected chi connectivity index (χ0v) is 15.1. The van der Waals surface area contributed by atoms with Gasteiger partial charge in [-0.3, -0.25) is 4.98 Å². The van der Waals surface area contributed by atoms with Gasteiger partial charge in [-0.05, 0) is 42.8 Å². The van der Waals surface area contributed by atoms with Crippen molar-refractivity contribution in [3.8, 4) is 11.5 Å². The Morgan fingerprint density at radius 1 is 1.00 bits per heavy atom. The Morgan fingerprint density at radius 2 is 1.77 bits per heavy atom. The van der Waals surface area contributed by atoms with Gasteiger partial charge in [-0.15, -0.1) is 0 Å². The third-order valence-corrected chi connectivity index (χ3v) is 3.96. The first kappa shape index (κ1) is 17.7. The molecule has 3 rings (SSSR count). The van der Waals surface area contributed by atoms with Crippen LogP contribution in [0.4, 0.5) is 0 Å². The Balaban J connectivity index is 1.66. The molecular formula is C21H21NO4. The zero-order chi connectivity index (χ0) is 18.6. The normalized spacial score (nSPS) is 11.2. The van der Waals surface area contributed by atoms with Gasteiger partial charge in [0, 0.05) is 11.8 Å². The van der Waals surface area contributed by atoms with Gasteiger partial charge >= 0.3 is 5.97 Å². The average molecular weight is 351 g/mol. The molecule has 0 aliphatic heterocycles. The summed E-state index contributed by atoms with van der Waals surface area (Å²) in [6, 6.07) is 15.5. The van der Waals surface area contributed by atoms with Crippen molar-refractivity contribution in [2.24, 2.45) is 0 Å².